The fourth-order valence-corrected chi connectivity index (χ4v) is 2.64. The molecule has 104 valence electrons. The number of amides is 3. The lowest BCUT2D eigenvalue weighted by Crippen LogP contribution is -2.61. The van der Waals surface area contributed by atoms with Crippen LogP contribution in [0.3, 0.4) is 0 Å². The van der Waals surface area contributed by atoms with Crippen LogP contribution in [0.5, 0.6) is 0 Å². The van der Waals surface area contributed by atoms with Gasteiger partial charge in [0.1, 0.15) is 6.54 Å². The van der Waals surface area contributed by atoms with Crippen LogP contribution in [0.4, 0.5) is 4.79 Å². The molecule has 2 unspecified atom stereocenters. The van der Waals surface area contributed by atoms with E-state index in [4.69, 9.17) is 0 Å². The van der Waals surface area contributed by atoms with E-state index in [0.717, 1.165) is 4.90 Å². The number of fused-ring (bicyclic) bond motifs is 1. The number of urea groups is 1. The standard InChI is InChI=1S/C11H16BrN4O3/c1-4-6(17)5-16-7-8(13-10(16)12)14(2)11(19)15(3)9(7)18/h6-7,17H,4-5H2,1-3H3/q+1. The molecular formula is C11H16BrN4O3+. The van der Waals surface area contributed by atoms with Crippen LogP contribution in [0.25, 0.3) is 0 Å². The number of carbonyl (C=O) groups is 2. The second-order valence-electron chi connectivity index (χ2n) is 4.59. The van der Waals surface area contributed by atoms with Crippen molar-refractivity contribution in [2.24, 2.45) is 4.99 Å². The third-order valence-electron chi connectivity index (χ3n) is 3.36. The maximum atomic E-state index is 12.2. The van der Waals surface area contributed by atoms with Crippen LogP contribution in [0.2, 0.25) is 0 Å². The van der Waals surface area contributed by atoms with E-state index in [0.29, 0.717) is 17.0 Å². The normalized spacial score (nSPS) is 24.9. The average Bonchev–Trinajstić information content (AvgIpc) is 2.71. The molecule has 8 heteroatoms. The largest absolute Gasteiger partial charge is 0.389 e. The maximum absolute atomic E-state index is 12.2. The van der Waals surface area contributed by atoms with Crippen LogP contribution in [0, 0.1) is 0 Å². The molecule has 0 spiro atoms. The number of likely N-dealkylation sites (N-methyl/N-ethyl adjacent to an activating group) is 2. The molecule has 2 heterocycles. The van der Waals surface area contributed by atoms with E-state index >= 15 is 0 Å². The number of aliphatic hydroxyl groups is 1. The molecule has 2 aliphatic rings. The fraction of sp³-hybridized carbons (Fsp3) is 0.636. The van der Waals surface area contributed by atoms with E-state index in [1.807, 2.05) is 6.92 Å². The monoisotopic (exact) mass is 331 g/mol. The fourth-order valence-electron chi connectivity index (χ4n) is 2.11. The molecule has 2 aliphatic heterocycles. The summed E-state index contributed by atoms with van der Waals surface area (Å²) in [5.74, 6) is 0.0582. The molecule has 0 aromatic carbocycles. The van der Waals surface area contributed by atoms with Gasteiger partial charge >= 0.3 is 10.8 Å². The summed E-state index contributed by atoms with van der Waals surface area (Å²) in [6.45, 7) is 2.15. The lowest BCUT2D eigenvalue weighted by molar-refractivity contribution is -0.541. The first-order chi connectivity index (χ1) is 8.88. The number of hydrogen-bond donors (Lipinski definition) is 1. The van der Waals surface area contributed by atoms with Crippen molar-refractivity contribution in [1.29, 1.82) is 0 Å². The molecule has 0 aromatic rings. The van der Waals surface area contributed by atoms with Crippen molar-refractivity contribution in [1.82, 2.24) is 9.80 Å². The van der Waals surface area contributed by atoms with E-state index in [9.17, 15) is 14.7 Å². The van der Waals surface area contributed by atoms with Gasteiger partial charge in [0.2, 0.25) is 0 Å². The Labute approximate surface area is 119 Å². The highest BCUT2D eigenvalue weighted by Crippen LogP contribution is 2.20. The van der Waals surface area contributed by atoms with E-state index < -0.39 is 18.2 Å². The minimum absolute atomic E-state index is 0.288. The summed E-state index contributed by atoms with van der Waals surface area (Å²) < 4.78 is 2.13. The number of aliphatic imine (C=N–C) groups is 1. The van der Waals surface area contributed by atoms with Gasteiger partial charge in [-0.2, -0.15) is 0 Å². The number of hydrogen-bond acceptors (Lipinski definition) is 4. The van der Waals surface area contributed by atoms with Crippen LogP contribution in [-0.4, -0.2) is 74.8 Å². The zero-order valence-electron chi connectivity index (χ0n) is 11.0. The molecule has 7 nitrogen and oxygen atoms in total. The van der Waals surface area contributed by atoms with Gasteiger partial charge in [0.25, 0.3) is 17.8 Å². The van der Waals surface area contributed by atoms with Gasteiger partial charge in [-0.15, -0.1) is 0 Å². The van der Waals surface area contributed by atoms with Crippen molar-refractivity contribution < 1.29 is 19.3 Å². The van der Waals surface area contributed by atoms with Crippen LogP contribution >= 0.6 is 15.9 Å². The molecule has 2 rings (SSSR count). The number of halogens is 1. The Morgan fingerprint density at radius 3 is 2.63 bits per heavy atom. The molecule has 0 radical (unpaired) electrons. The highest BCUT2D eigenvalue weighted by Gasteiger charge is 2.52. The first-order valence-corrected chi connectivity index (χ1v) is 6.78. The zero-order valence-corrected chi connectivity index (χ0v) is 12.6. The second kappa shape index (κ2) is 5.01. The van der Waals surface area contributed by atoms with E-state index in [1.165, 1.54) is 11.9 Å². The zero-order chi connectivity index (χ0) is 14.3. The molecule has 3 amide bonds. The number of nitrogens with zero attached hydrogens (tertiary/aromatic N) is 4. The predicted octanol–water partition coefficient (Wildman–Crippen LogP) is -0.175. The summed E-state index contributed by atoms with van der Waals surface area (Å²) in [7, 11) is 3.02. The lowest BCUT2D eigenvalue weighted by atomic mass is 10.1. The number of imide groups is 1. The summed E-state index contributed by atoms with van der Waals surface area (Å²) in [5.41, 5.74) is 0. The van der Waals surface area contributed by atoms with Gasteiger partial charge in [0.15, 0.2) is 0 Å². The molecule has 0 saturated carbocycles. The molecular weight excluding hydrogens is 316 g/mol. The van der Waals surface area contributed by atoms with Crippen molar-refractivity contribution >= 4 is 38.4 Å². The van der Waals surface area contributed by atoms with Gasteiger partial charge in [-0.25, -0.2) is 9.37 Å². The Morgan fingerprint density at radius 2 is 2.05 bits per heavy atom. The van der Waals surface area contributed by atoms with Crippen LogP contribution in [0.1, 0.15) is 13.3 Å². The molecule has 1 N–H and O–H groups in total. The minimum atomic E-state index is -0.650. The van der Waals surface area contributed by atoms with Gasteiger partial charge in [-0.1, -0.05) is 6.92 Å². The van der Waals surface area contributed by atoms with Gasteiger partial charge in [0, 0.05) is 14.1 Å². The Balaban J connectivity index is 2.34. The summed E-state index contributed by atoms with van der Waals surface area (Å²) in [5, 5.41) is 9.76. The summed E-state index contributed by atoms with van der Waals surface area (Å²) in [6, 6.07) is -1.05. The topological polar surface area (TPSA) is 76.2 Å². The quantitative estimate of drug-likeness (QED) is 0.576. The van der Waals surface area contributed by atoms with Gasteiger partial charge in [0.05, 0.1) is 22.0 Å². The second-order valence-corrected chi connectivity index (χ2v) is 5.30. The molecule has 1 saturated heterocycles. The number of aliphatic hydroxyl groups excluding tert-OH is 1. The number of carbonyl (C=O) groups excluding carboxylic acids is 2. The van der Waals surface area contributed by atoms with Gasteiger partial charge in [-0.05, 0) is 11.4 Å². The maximum Gasteiger partial charge on any atom is 0.364 e. The molecule has 0 aliphatic carbocycles. The van der Waals surface area contributed by atoms with Crippen LogP contribution in [-0.2, 0) is 4.79 Å². The number of β-amino-alcohol motifs (C(OH)–C–C–N with tert-alkyl or cyclic N) is 1. The Morgan fingerprint density at radius 1 is 1.42 bits per heavy atom. The molecule has 0 bridgehead atoms. The smallest absolute Gasteiger partial charge is 0.364 e. The van der Waals surface area contributed by atoms with E-state index in [2.05, 4.69) is 20.9 Å². The van der Waals surface area contributed by atoms with Crippen LogP contribution in [0.15, 0.2) is 4.99 Å². The Bertz CT molecular complexity index is 502. The van der Waals surface area contributed by atoms with Gasteiger partial charge < -0.3 is 5.11 Å². The Hall–Kier alpha value is -1.28. The molecule has 1 fully saturated rings. The first kappa shape index (κ1) is 14.1. The lowest BCUT2D eigenvalue weighted by Gasteiger charge is -2.30. The third-order valence-corrected chi connectivity index (χ3v) is 3.99. The van der Waals surface area contributed by atoms with E-state index in [1.54, 1.807) is 11.6 Å². The SMILES string of the molecule is CCC(O)C[N+]1=C(Br)N=C2C1C(=O)N(C)C(=O)N2C. The third kappa shape index (κ3) is 2.18. The predicted molar refractivity (Wildman–Crippen MR) is 72.5 cm³/mol. The summed E-state index contributed by atoms with van der Waals surface area (Å²) in [4.78, 5) is 30.7. The van der Waals surface area contributed by atoms with E-state index in [-0.39, 0.29) is 12.5 Å². The number of rotatable bonds is 3. The van der Waals surface area contributed by atoms with Crippen molar-refractivity contribution in [2.75, 3.05) is 20.6 Å². The van der Waals surface area contributed by atoms with Crippen LogP contribution < -0.4 is 0 Å². The molecule has 2 atom stereocenters. The van der Waals surface area contributed by atoms with Crippen molar-refractivity contribution in [2.45, 2.75) is 25.5 Å². The van der Waals surface area contributed by atoms with Crippen molar-refractivity contribution in [3.8, 4) is 0 Å². The summed E-state index contributed by atoms with van der Waals surface area (Å²) >= 11 is 3.28. The Kier molecular flexibility index (Phi) is 3.73. The minimum Gasteiger partial charge on any atom is -0.389 e. The average molecular weight is 332 g/mol. The molecule has 0 aromatic heterocycles. The van der Waals surface area contributed by atoms with Crippen molar-refractivity contribution in [3.63, 3.8) is 0 Å². The highest BCUT2D eigenvalue weighted by molar-refractivity contribution is 9.18. The number of amidine groups is 2. The first-order valence-electron chi connectivity index (χ1n) is 5.99. The van der Waals surface area contributed by atoms with Crippen molar-refractivity contribution in [3.05, 3.63) is 0 Å². The highest BCUT2D eigenvalue weighted by atomic mass is 79.9. The molecule has 19 heavy (non-hydrogen) atoms. The van der Waals surface area contributed by atoms with Gasteiger partial charge in [-0.3, -0.25) is 14.6 Å². The summed E-state index contributed by atoms with van der Waals surface area (Å²) in [6.07, 6.45) is 0.0283.